The predicted molar refractivity (Wildman–Crippen MR) is 122 cm³/mol. The molecule has 10 nitrogen and oxygen atoms in total. The molecular weight excluding hydrogens is 466 g/mol. The van der Waals surface area contributed by atoms with Crippen LogP contribution in [0.1, 0.15) is 13.8 Å². The number of ether oxygens (including phenoxy) is 1. The maximum atomic E-state index is 9.63. The number of aromatic nitrogens is 4. The van der Waals surface area contributed by atoms with Crippen molar-refractivity contribution in [3.8, 4) is 5.88 Å². The Labute approximate surface area is 188 Å². The lowest BCUT2D eigenvalue weighted by atomic mass is 10.3. The van der Waals surface area contributed by atoms with E-state index in [2.05, 4.69) is 51.8 Å². The summed E-state index contributed by atoms with van der Waals surface area (Å²) in [4.78, 5) is 17.1. The van der Waals surface area contributed by atoms with Gasteiger partial charge in [-0.05, 0) is 60.1 Å². The van der Waals surface area contributed by atoms with E-state index < -0.39 is 12.2 Å². The molecular formula is C20H24BrN7O3. The number of anilines is 5. The molecule has 0 aliphatic rings. The van der Waals surface area contributed by atoms with E-state index in [1.807, 2.05) is 24.3 Å². The molecule has 3 rings (SSSR count). The SMILES string of the molecule is C[C@@H](O)[C@@H](C)Oc1nc(Nc2ccc(Nc3nccc(NCCO)n3)cc2)ncc1Br. The Morgan fingerprint density at radius 3 is 2.26 bits per heavy atom. The first-order valence-corrected chi connectivity index (χ1v) is 10.4. The van der Waals surface area contributed by atoms with Gasteiger partial charge in [-0.1, -0.05) is 0 Å². The fourth-order valence-corrected chi connectivity index (χ4v) is 2.65. The molecule has 11 heteroatoms. The van der Waals surface area contributed by atoms with Crippen LogP contribution in [0.3, 0.4) is 0 Å². The fraction of sp³-hybridized carbons (Fsp3) is 0.300. The molecule has 0 bridgehead atoms. The quantitative estimate of drug-likeness (QED) is 0.288. The topological polar surface area (TPSA) is 137 Å². The van der Waals surface area contributed by atoms with Crippen molar-refractivity contribution < 1.29 is 14.9 Å². The molecule has 2 aromatic heterocycles. The first-order chi connectivity index (χ1) is 14.9. The Morgan fingerprint density at radius 1 is 1.00 bits per heavy atom. The van der Waals surface area contributed by atoms with Crippen molar-refractivity contribution in [2.24, 2.45) is 0 Å². The highest BCUT2D eigenvalue weighted by atomic mass is 79.9. The van der Waals surface area contributed by atoms with Crippen LogP contribution in [0, 0.1) is 0 Å². The Kier molecular flexibility index (Phi) is 7.93. The van der Waals surface area contributed by atoms with E-state index in [-0.39, 0.29) is 6.61 Å². The van der Waals surface area contributed by atoms with Crippen LogP contribution in [0.4, 0.5) is 29.1 Å². The summed E-state index contributed by atoms with van der Waals surface area (Å²) in [5, 5.41) is 27.8. The number of halogens is 1. The first-order valence-electron chi connectivity index (χ1n) is 9.63. The third-order valence-corrected chi connectivity index (χ3v) is 4.70. The summed E-state index contributed by atoms with van der Waals surface area (Å²) in [5.74, 6) is 1.77. The summed E-state index contributed by atoms with van der Waals surface area (Å²) in [6.45, 7) is 3.86. The van der Waals surface area contributed by atoms with Crippen LogP contribution in [0.5, 0.6) is 5.88 Å². The van der Waals surface area contributed by atoms with E-state index in [1.165, 1.54) is 0 Å². The molecule has 0 fully saturated rings. The molecule has 164 valence electrons. The summed E-state index contributed by atoms with van der Waals surface area (Å²) in [6, 6.07) is 9.18. The molecule has 0 spiro atoms. The van der Waals surface area contributed by atoms with Gasteiger partial charge in [0.1, 0.15) is 11.9 Å². The Morgan fingerprint density at radius 2 is 1.65 bits per heavy atom. The molecule has 0 aliphatic carbocycles. The fourth-order valence-electron chi connectivity index (χ4n) is 2.37. The van der Waals surface area contributed by atoms with Crippen LogP contribution in [-0.2, 0) is 0 Å². The van der Waals surface area contributed by atoms with Gasteiger partial charge in [0.05, 0.1) is 23.4 Å². The van der Waals surface area contributed by atoms with Crippen molar-refractivity contribution in [3.63, 3.8) is 0 Å². The summed E-state index contributed by atoms with van der Waals surface area (Å²) in [6.07, 6.45) is 2.18. The third-order valence-electron chi connectivity index (χ3n) is 4.16. The van der Waals surface area contributed by atoms with E-state index in [0.29, 0.717) is 34.6 Å². The van der Waals surface area contributed by atoms with Gasteiger partial charge in [0.2, 0.25) is 17.8 Å². The van der Waals surface area contributed by atoms with Gasteiger partial charge in [-0.25, -0.2) is 9.97 Å². The average Bonchev–Trinajstić information content (AvgIpc) is 2.76. The van der Waals surface area contributed by atoms with Gasteiger partial charge in [0.15, 0.2) is 0 Å². The number of nitrogens with one attached hydrogen (secondary N) is 3. The number of rotatable bonds is 10. The highest BCUT2D eigenvalue weighted by Gasteiger charge is 2.14. The maximum Gasteiger partial charge on any atom is 0.233 e. The van der Waals surface area contributed by atoms with Gasteiger partial charge in [-0.3, -0.25) is 0 Å². The van der Waals surface area contributed by atoms with Gasteiger partial charge < -0.3 is 30.9 Å². The second-order valence-electron chi connectivity index (χ2n) is 6.65. The maximum absolute atomic E-state index is 9.63. The average molecular weight is 490 g/mol. The molecule has 0 saturated carbocycles. The van der Waals surface area contributed by atoms with Crippen molar-refractivity contribution in [2.45, 2.75) is 26.1 Å². The monoisotopic (exact) mass is 489 g/mol. The van der Waals surface area contributed by atoms with Crippen molar-refractivity contribution >= 4 is 45.0 Å². The number of benzene rings is 1. The molecule has 2 heterocycles. The minimum Gasteiger partial charge on any atom is -0.471 e. The Bertz CT molecular complexity index is 989. The zero-order chi connectivity index (χ0) is 22.2. The number of nitrogens with zero attached hydrogens (tertiary/aromatic N) is 4. The normalized spacial score (nSPS) is 12.7. The molecule has 31 heavy (non-hydrogen) atoms. The summed E-state index contributed by atoms with van der Waals surface area (Å²) in [5.41, 5.74) is 1.58. The van der Waals surface area contributed by atoms with Crippen LogP contribution in [-0.4, -0.2) is 55.5 Å². The Hall–Kier alpha value is -3.02. The predicted octanol–water partition coefficient (Wildman–Crippen LogP) is 3.07. The molecule has 0 amide bonds. The lowest BCUT2D eigenvalue weighted by Crippen LogP contribution is -2.26. The number of aliphatic hydroxyl groups excluding tert-OH is 2. The minimum absolute atomic E-state index is 0.0243. The van der Waals surface area contributed by atoms with Crippen molar-refractivity contribution in [2.75, 3.05) is 29.1 Å². The second-order valence-corrected chi connectivity index (χ2v) is 7.51. The third kappa shape index (κ3) is 6.74. The van der Waals surface area contributed by atoms with Crippen LogP contribution in [0.2, 0.25) is 0 Å². The smallest absolute Gasteiger partial charge is 0.233 e. The molecule has 0 unspecified atom stereocenters. The zero-order valence-corrected chi connectivity index (χ0v) is 18.7. The highest BCUT2D eigenvalue weighted by Crippen LogP contribution is 2.26. The first kappa shape index (κ1) is 22.7. The lowest BCUT2D eigenvalue weighted by Gasteiger charge is -2.17. The van der Waals surface area contributed by atoms with Crippen molar-refractivity contribution in [3.05, 3.63) is 47.2 Å². The molecule has 0 saturated heterocycles. The van der Waals surface area contributed by atoms with Gasteiger partial charge in [-0.2, -0.15) is 9.97 Å². The summed E-state index contributed by atoms with van der Waals surface area (Å²) < 4.78 is 6.27. The number of aliphatic hydroxyl groups is 2. The van der Waals surface area contributed by atoms with Gasteiger partial charge in [-0.15, -0.1) is 0 Å². The van der Waals surface area contributed by atoms with E-state index in [9.17, 15) is 5.11 Å². The number of hydrogen-bond donors (Lipinski definition) is 5. The minimum atomic E-state index is -0.631. The standard InChI is InChI=1S/C20H24BrN7O3/c1-12(30)13(2)31-18-16(21)11-24-20(28-18)26-15-5-3-14(4-6-15)25-19-23-8-7-17(27-19)22-9-10-29/h3-8,11-13,29-30H,9-10H2,1-2H3,(H,24,26,28)(H2,22,23,25,27)/t12-,13-/m1/s1. The molecule has 3 aromatic rings. The largest absolute Gasteiger partial charge is 0.471 e. The zero-order valence-electron chi connectivity index (χ0n) is 17.1. The lowest BCUT2D eigenvalue weighted by molar-refractivity contribution is 0.0569. The molecule has 0 aliphatic heterocycles. The van der Waals surface area contributed by atoms with E-state index in [4.69, 9.17) is 9.84 Å². The molecule has 5 N–H and O–H groups in total. The van der Waals surface area contributed by atoms with E-state index >= 15 is 0 Å². The molecule has 2 atom stereocenters. The van der Waals surface area contributed by atoms with Gasteiger partial charge in [0.25, 0.3) is 0 Å². The van der Waals surface area contributed by atoms with Crippen molar-refractivity contribution in [1.29, 1.82) is 0 Å². The van der Waals surface area contributed by atoms with Crippen LogP contribution in [0.15, 0.2) is 47.2 Å². The molecule has 1 aromatic carbocycles. The van der Waals surface area contributed by atoms with E-state index in [1.54, 1.807) is 32.3 Å². The van der Waals surface area contributed by atoms with Crippen LogP contribution < -0.4 is 20.7 Å². The molecule has 0 radical (unpaired) electrons. The van der Waals surface area contributed by atoms with Crippen molar-refractivity contribution in [1.82, 2.24) is 19.9 Å². The van der Waals surface area contributed by atoms with Crippen LogP contribution in [0.25, 0.3) is 0 Å². The van der Waals surface area contributed by atoms with Gasteiger partial charge >= 0.3 is 0 Å². The number of hydrogen-bond acceptors (Lipinski definition) is 10. The van der Waals surface area contributed by atoms with Crippen LogP contribution >= 0.6 is 15.9 Å². The summed E-state index contributed by atoms with van der Waals surface area (Å²) >= 11 is 3.36. The van der Waals surface area contributed by atoms with E-state index in [0.717, 1.165) is 11.4 Å². The Balaban J connectivity index is 1.64. The second kappa shape index (κ2) is 10.8. The van der Waals surface area contributed by atoms with Gasteiger partial charge in [0, 0.05) is 24.1 Å². The highest BCUT2D eigenvalue weighted by molar-refractivity contribution is 9.10. The summed E-state index contributed by atoms with van der Waals surface area (Å²) in [7, 11) is 0.